The predicted molar refractivity (Wildman–Crippen MR) is 74.6 cm³/mol. The molecule has 1 aliphatic rings. The molecule has 0 saturated heterocycles. The summed E-state index contributed by atoms with van der Waals surface area (Å²) in [6.45, 7) is 4.83. The summed E-state index contributed by atoms with van der Waals surface area (Å²) in [6, 6.07) is 8.29. The lowest BCUT2D eigenvalue weighted by molar-refractivity contribution is 0.111. The second kappa shape index (κ2) is 5.76. The van der Waals surface area contributed by atoms with Crippen LogP contribution in [0.5, 0.6) is 0 Å². The Hall–Kier alpha value is -0.445. The van der Waals surface area contributed by atoms with Crippen LogP contribution in [-0.4, -0.2) is 26.0 Å². The molecule has 0 radical (unpaired) electrons. The van der Waals surface area contributed by atoms with Gasteiger partial charge in [-0.25, -0.2) is 0 Å². The molecule has 1 aliphatic heterocycles. The van der Waals surface area contributed by atoms with E-state index in [4.69, 9.17) is 10.4 Å². The van der Waals surface area contributed by atoms with Crippen molar-refractivity contribution in [3.63, 3.8) is 0 Å². The van der Waals surface area contributed by atoms with Gasteiger partial charge in [-0.1, -0.05) is 31.1 Å². The molecule has 1 aromatic rings. The first-order chi connectivity index (χ1) is 7.59. The molecule has 1 unspecified atom stereocenters. The van der Waals surface area contributed by atoms with E-state index in [0.29, 0.717) is 6.54 Å². The third-order valence-corrected chi connectivity index (χ3v) is 2.79. The number of hydrogen-bond acceptors (Lipinski definition) is 3. The van der Waals surface area contributed by atoms with Gasteiger partial charge >= 0.3 is 6.92 Å². The molecule has 0 fully saturated rings. The number of nitrogens with two attached hydrogens (primary N) is 1. The van der Waals surface area contributed by atoms with Gasteiger partial charge < -0.3 is 10.4 Å². The van der Waals surface area contributed by atoms with E-state index < -0.39 is 0 Å². The van der Waals surface area contributed by atoms with Crippen molar-refractivity contribution in [2.75, 3.05) is 19.1 Å². The summed E-state index contributed by atoms with van der Waals surface area (Å²) in [5.74, 6) is 0. The highest BCUT2D eigenvalue weighted by molar-refractivity contribution is 7.97. The fourth-order valence-electron chi connectivity index (χ4n) is 2.01. The molecule has 1 atom stereocenters. The SMILES string of the molecule is CB1OC(C)(CN)c2ccccc21.CSC. The average Bonchev–Trinajstić information content (AvgIpc) is 2.54. The number of thioether (sulfide) groups is 1. The predicted octanol–water partition coefficient (Wildman–Crippen LogP) is 1.70. The molecule has 2 N–H and O–H groups in total. The molecule has 16 heavy (non-hydrogen) atoms. The van der Waals surface area contributed by atoms with E-state index in [9.17, 15) is 0 Å². The maximum atomic E-state index is 5.84. The summed E-state index contributed by atoms with van der Waals surface area (Å²) in [5, 5.41) is 0. The third-order valence-electron chi connectivity index (χ3n) is 2.79. The standard InChI is InChI=1S/C10H14BNO.C2H6S/c1-10(7-12)8-5-3-4-6-9(8)11(2)13-10;1-3-2/h3-6H,7,12H2,1-2H3;1-2H3. The second-order valence-electron chi connectivity index (χ2n) is 4.19. The first kappa shape index (κ1) is 13.6. The maximum absolute atomic E-state index is 5.84. The van der Waals surface area contributed by atoms with Crippen molar-refractivity contribution in [1.82, 2.24) is 0 Å². The van der Waals surface area contributed by atoms with Gasteiger partial charge in [0, 0.05) is 6.54 Å². The van der Waals surface area contributed by atoms with Crippen molar-refractivity contribution in [2.45, 2.75) is 19.3 Å². The minimum absolute atomic E-state index is 0.171. The molecule has 0 aliphatic carbocycles. The van der Waals surface area contributed by atoms with Crippen molar-refractivity contribution in [2.24, 2.45) is 5.73 Å². The van der Waals surface area contributed by atoms with Crippen molar-refractivity contribution in [3.8, 4) is 0 Å². The van der Waals surface area contributed by atoms with Crippen LogP contribution in [0.25, 0.3) is 0 Å². The Kier molecular flexibility index (Phi) is 4.90. The summed E-state index contributed by atoms with van der Waals surface area (Å²) >= 11 is 1.75. The molecule has 0 spiro atoms. The zero-order valence-corrected chi connectivity index (χ0v) is 11.3. The van der Waals surface area contributed by atoms with Crippen LogP contribution in [0.1, 0.15) is 12.5 Å². The quantitative estimate of drug-likeness (QED) is 0.755. The van der Waals surface area contributed by atoms with Crippen LogP contribution < -0.4 is 11.2 Å². The summed E-state index contributed by atoms with van der Waals surface area (Å²) in [6.07, 6.45) is 4.08. The molecule has 0 saturated carbocycles. The van der Waals surface area contributed by atoms with Gasteiger partial charge in [-0.15, -0.1) is 0 Å². The van der Waals surface area contributed by atoms with Crippen LogP contribution >= 0.6 is 11.8 Å². The normalized spacial score (nSPS) is 22.4. The van der Waals surface area contributed by atoms with E-state index in [-0.39, 0.29) is 12.5 Å². The molecule has 2 rings (SSSR count). The first-order valence-corrected chi connectivity index (χ1v) is 7.09. The smallest absolute Gasteiger partial charge is 0.325 e. The minimum Gasteiger partial charge on any atom is -0.421 e. The number of rotatable bonds is 1. The summed E-state index contributed by atoms with van der Waals surface area (Å²) in [4.78, 5) is 0. The molecular weight excluding hydrogens is 217 g/mol. The molecule has 1 heterocycles. The van der Waals surface area contributed by atoms with Gasteiger partial charge in [0.15, 0.2) is 0 Å². The maximum Gasteiger partial charge on any atom is 0.325 e. The Bertz CT molecular complexity index is 348. The lowest BCUT2D eigenvalue weighted by Crippen LogP contribution is -2.32. The molecule has 0 aromatic heterocycles. The molecule has 2 nitrogen and oxygen atoms in total. The average molecular weight is 237 g/mol. The van der Waals surface area contributed by atoms with Crippen LogP contribution in [0.3, 0.4) is 0 Å². The molecular formula is C12H20BNOS. The first-order valence-electron chi connectivity index (χ1n) is 5.46. The number of fused-ring (bicyclic) bond motifs is 1. The van der Waals surface area contributed by atoms with E-state index in [1.165, 1.54) is 11.0 Å². The van der Waals surface area contributed by atoms with Crippen molar-refractivity contribution in [1.29, 1.82) is 0 Å². The summed E-state index contributed by atoms with van der Waals surface area (Å²) in [7, 11) is 0. The number of hydrogen-bond donors (Lipinski definition) is 1. The molecule has 0 amide bonds. The molecule has 88 valence electrons. The third kappa shape index (κ3) is 2.62. The van der Waals surface area contributed by atoms with E-state index in [2.05, 4.69) is 25.9 Å². The lowest BCUT2D eigenvalue weighted by Gasteiger charge is -2.24. The Morgan fingerprint density at radius 3 is 2.50 bits per heavy atom. The Balaban J connectivity index is 0.000000386. The largest absolute Gasteiger partial charge is 0.421 e. The van der Waals surface area contributed by atoms with Crippen molar-refractivity contribution >= 4 is 24.1 Å². The fraction of sp³-hybridized carbons (Fsp3) is 0.500. The minimum atomic E-state index is -0.282. The van der Waals surface area contributed by atoms with Gasteiger partial charge in [0.2, 0.25) is 0 Å². The van der Waals surface area contributed by atoms with Gasteiger partial charge in [-0.3, -0.25) is 0 Å². The summed E-state index contributed by atoms with van der Waals surface area (Å²) < 4.78 is 5.84. The topological polar surface area (TPSA) is 35.2 Å². The highest BCUT2D eigenvalue weighted by atomic mass is 32.2. The zero-order chi connectivity index (χ0) is 12.2. The van der Waals surface area contributed by atoms with E-state index in [0.717, 1.165) is 0 Å². The van der Waals surface area contributed by atoms with Gasteiger partial charge in [-0.05, 0) is 30.5 Å². The second-order valence-corrected chi connectivity index (χ2v) is 5.01. The highest BCUT2D eigenvalue weighted by Crippen LogP contribution is 2.29. The van der Waals surface area contributed by atoms with E-state index in [1.54, 1.807) is 11.8 Å². The lowest BCUT2D eigenvalue weighted by atomic mass is 9.64. The number of benzene rings is 1. The van der Waals surface area contributed by atoms with Gasteiger partial charge in [-0.2, -0.15) is 11.8 Å². The zero-order valence-electron chi connectivity index (χ0n) is 10.5. The van der Waals surface area contributed by atoms with E-state index in [1.807, 2.05) is 24.6 Å². The van der Waals surface area contributed by atoms with Crippen LogP contribution in [-0.2, 0) is 10.3 Å². The Labute approximate surface area is 103 Å². The van der Waals surface area contributed by atoms with E-state index >= 15 is 0 Å². The van der Waals surface area contributed by atoms with Gasteiger partial charge in [0.25, 0.3) is 0 Å². The summed E-state index contributed by atoms with van der Waals surface area (Å²) in [5.41, 5.74) is 7.95. The Morgan fingerprint density at radius 1 is 1.38 bits per heavy atom. The van der Waals surface area contributed by atoms with Crippen molar-refractivity contribution < 1.29 is 4.65 Å². The van der Waals surface area contributed by atoms with Gasteiger partial charge in [0.1, 0.15) is 0 Å². The van der Waals surface area contributed by atoms with Crippen LogP contribution in [0, 0.1) is 0 Å². The van der Waals surface area contributed by atoms with Crippen LogP contribution in [0.15, 0.2) is 24.3 Å². The monoisotopic (exact) mass is 237 g/mol. The molecule has 1 aromatic carbocycles. The molecule has 0 bridgehead atoms. The molecule has 4 heteroatoms. The highest BCUT2D eigenvalue weighted by Gasteiger charge is 2.39. The van der Waals surface area contributed by atoms with Crippen LogP contribution in [0.2, 0.25) is 6.82 Å². The Morgan fingerprint density at radius 2 is 1.94 bits per heavy atom. The van der Waals surface area contributed by atoms with Crippen LogP contribution in [0.4, 0.5) is 0 Å². The van der Waals surface area contributed by atoms with Crippen molar-refractivity contribution in [3.05, 3.63) is 29.8 Å². The van der Waals surface area contributed by atoms with Gasteiger partial charge in [0.05, 0.1) is 5.60 Å². The fourth-order valence-corrected chi connectivity index (χ4v) is 2.01.